The molecule has 0 saturated carbocycles. The van der Waals surface area contributed by atoms with Crippen LogP contribution in [0.5, 0.6) is 0 Å². The largest absolute Gasteiger partial charge is 0.207 e. The van der Waals surface area contributed by atoms with Gasteiger partial charge in [0, 0.05) is 11.1 Å². The number of rotatable bonds is 1. The summed E-state index contributed by atoms with van der Waals surface area (Å²) in [5.41, 5.74) is 1.66. The van der Waals surface area contributed by atoms with E-state index >= 15 is 0 Å². The SMILES string of the molecule is Cc1c(F)cc(C=CCl)cc1F. The van der Waals surface area contributed by atoms with Crippen LogP contribution in [-0.4, -0.2) is 0 Å². The average molecular weight is 189 g/mol. The first-order valence-corrected chi connectivity index (χ1v) is 3.81. The van der Waals surface area contributed by atoms with Crippen LogP contribution in [0.15, 0.2) is 17.7 Å². The molecule has 0 spiro atoms. The van der Waals surface area contributed by atoms with Crippen molar-refractivity contribution < 1.29 is 8.78 Å². The van der Waals surface area contributed by atoms with Gasteiger partial charge in [-0.3, -0.25) is 0 Å². The summed E-state index contributed by atoms with van der Waals surface area (Å²) in [6, 6.07) is 2.47. The first kappa shape index (κ1) is 9.20. The lowest BCUT2D eigenvalue weighted by molar-refractivity contribution is 0.567. The maximum atomic E-state index is 12.8. The van der Waals surface area contributed by atoms with Crippen LogP contribution >= 0.6 is 11.6 Å². The van der Waals surface area contributed by atoms with E-state index < -0.39 is 11.6 Å². The van der Waals surface area contributed by atoms with E-state index in [1.807, 2.05) is 0 Å². The second kappa shape index (κ2) is 3.68. The Morgan fingerprint density at radius 1 is 1.25 bits per heavy atom. The standard InChI is InChI=1S/C9H7ClF2/c1-6-8(11)4-7(2-3-10)5-9(6)12/h2-5H,1H3. The molecule has 0 aromatic heterocycles. The van der Waals surface area contributed by atoms with E-state index in [1.54, 1.807) is 0 Å². The Kier molecular flexibility index (Phi) is 2.82. The number of halogens is 3. The smallest absolute Gasteiger partial charge is 0.129 e. The van der Waals surface area contributed by atoms with Crippen molar-refractivity contribution in [3.63, 3.8) is 0 Å². The summed E-state index contributed by atoms with van der Waals surface area (Å²) in [7, 11) is 0. The Labute approximate surface area is 74.5 Å². The minimum atomic E-state index is -0.556. The molecular weight excluding hydrogens is 182 g/mol. The highest BCUT2D eigenvalue weighted by Gasteiger charge is 2.04. The summed E-state index contributed by atoms with van der Waals surface area (Å²) in [5.74, 6) is -1.11. The van der Waals surface area contributed by atoms with Gasteiger partial charge >= 0.3 is 0 Å². The fourth-order valence-electron chi connectivity index (χ4n) is 0.834. The molecule has 0 unspecified atom stereocenters. The molecule has 1 rings (SSSR count). The van der Waals surface area contributed by atoms with Gasteiger partial charge in [-0.1, -0.05) is 11.6 Å². The van der Waals surface area contributed by atoms with Crippen molar-refractivity contribution in [3.05, 3.63) is 40.4 Å². The average Bonchev–Trinajstić information content (AvgIpc) is 2.01. The minimum Gasteiger partial charge on any atom is -0.207 e. The summed E-state index contributed by atoms with van der Waals surface area (Å²) in [6.07, 6.45) is 1.42. The molecule has 0 saturated heterocycles. The normalized spacial score (nSPS) is 11.0. The van der Waals surface area contributed by atoms with Crippen molar-refractivity contribution in [3.8, 4) is 0 Å². The zero-order chi connectivity index (χ0) is 9.14. The maximum absolute atomic E-state index is 12.8. The first-order chi connectivity index (χ1) is 5.65. The van der Waals surface area contributed by atoms with Gasteiger partial charge in [0.05, 0.1) is 0 Å². The topological polar surface area (TPSA) is 0 Å². The Balaban J connectivity index is 3.21. The van der Waals surface area contributed by atoms with Crippen molar-refractivity contribution in [2.75, 3.05) is 0 Å². The van der Waals surface area contributed by atoms with E-state index in [2.05, 4.69) is 0 Å². The molecule has 1 aromatic rings. The van der Waals surface area contributed by atoms with Crippen LogP contribution in [0, 0.1) is 18.6 Å². The van der Waals surface area contributed by atoms with Gasteiger partial charge in [-0.25, -0.2) is 8.78 Å². The van der Waals surface area contributed by atoms with Crippen molar-refractivity contribution in [1.82, 2.24) is 0 Å². The van der Waals surface area contributed by atoms with Gasteiger partial charge in [0.2, 0.25) is 0 Å². The molecule has 3 heteroatoms. The van der Waals surface area contributed by atoms with Gasteiger partial charge in [-0.05, 0) is 30.7 Å². The van der Waals surface area contributed by atoms with Crippen LogP contribution in [0.4, 0.5) is 8.78 Å². The third kappa shape index (κ3) is 1.83. The molecular formula is C9H7ClF2. The number of hydrogen-bond acceptors (Lipinski definition) is 0. The van der Waals surface area contributed by atoms with E-state index in [-0.39, 0.29) is 5.56 Å². The molecule has 0 aliphatic heterocycles. The molecule has 0 aliphatic rings. The first-order valence-electron chi connectivity index (χ1n) is 3.37. The molecule has 0 nitrogen and oxygen atoms in total. The summed E-state index contributed by atoms with van der Waals surface area (Å²) in [6.45, 7) is 1.39. The third-order valence-electron chi connectivity index (χ3n) is 1.56. The molecule has 0 bridgehead atoms. The lowest BCUT2D eigenvalue weighted by Gasteiger charge is -1.99. The van der Waals surface area contributed by atoms with Crippen LogP contribution in [0.2, 0.25) is 0 Å². The maximum Gasteiger partial charge on any atom is 0.129 e. The molecule has 0 radical (unpaired) electrons. The second-order valence-corrected chi connectivity index (χ2v) is 2.65. The zero-order valence-electron chi connectivity index (χ0n) is 6.44. The van der Waals surface area contributed by atoms with Gasteiger partial charge in [-0.15, -0.1) is 0 Å². The third-order valence-corrected chi connectivity index (χ3v) is 1.68. The summed E-state index contributed by atoms with van der Waals surface area (Å²) in [5, 5.41) is 0. The van der Waals surface area contributed by atoms with Crippen molar-refractivity contribution >= 4 is 17.7 Å². The Bertz CT molecular complexity index is 295. The van der Waals surface area contributed by atoms with E-state index in [9.17, 15) is 8.78 Å². The van der Waals surface area contributed by atoms with Crippen molar-refractivity contribution in [2.24, 2.45) is 0 Å². The van der Waals surface area contributed by atoms with Crippen LogP contribution in [-0.2, 0) is 0 Å². The Hall–Kier alpha value is -0.890. The zero-order valence-corrected chi connectivity index (χ0v) is 7.20. The summed E-state index contributed by atoms with van der Waals surface area (Å²) in [4.78, 5) is 0. The molecule has 12 heavy (non-hydrogen) atoms. The van der Waals surface area contributed by atoms with E-state index in [0.29, 0.717) is 5.56 Å². The quantitative estimate of drug-likeness (QED) is 0.633. The molecule has 64 valence electrons. The van der Waals surface area contributed by atoms with E-state index in [4.69, 9.17) is 11.6 Å². The molecule has 1 aromatic carbocycles. The van der Waals surface area contributed by atoms with Gasteiger partial charge in [0.1, 0.15) is 11.6 Å². The lowest BCUT2D eigenvalue weighted by Crippen LogP contribution is -1.89. The van der Waals surface area contributed by atoms with Crippen molar-refractivity contribution in [1.29, 1.82) is 0 Å². The molecule has 0 fully saturated rings. The lowest BCUT2D eigenvalue weighted by atomic mass is 10.1. The van der Waals surface area contributed by atoms with E-state index in [0.717, 1.165) is 0 Å². The summed E-state index contributed by atoms with van der Waals surface area (Å²) >= 11 is 5.26. The van der Waals surface area contributed by atoms with Crippen LogP contribution < -0.4 is 0 Å². The van der Waals surface area contributed by atoms with Gasteiger partial charge in [0.15, 0.2) is 0 Å². The van der Waals surface area contributed by atoms with Gasteiger partial charge < -0.3 is 0 Å². The fourth-order valence-corrected chi connectivity index (χ4v) is 0.979. The predicted molar refractivity (Wildman–Crippen MR) is 46.0 cm³/mol. The van der Waals surface area contributed by atoms with Gasteiger partial charge in [-0.2, -0.15) is 0 Å². The fraction of sp³-hybridized carbons (Fsp3) is 0.111. The minimum absolute atomic E-state index is 0.0294. The van der Waals surface area contributed by atoms with Crippen LogP contribution in [0.1, 0.15) is 11.1 Å². The van der Waals surface area contributed by atoms with Crippen LogP contribution in [0.25, 0.3) is 6.08 Å². The highest BCUT2D eigenvalue weighted by molar-refractivity contribution is 6.27. The molecule has 0 atom stereocenters. The molecule has 0 amide bonds. The Morgan fingerprint density at radius 3 is 2.17 bits per heavy atom. The van der Waals surface area contributed by atoms with Crippen LogP contribution in [0.3, 0.4) is 0 Å². The van der Waals surface area contributed by atoms with Crippen molar-refractivity contribution in [2.45, 2.75) is 6.92 Å². The Morgan fingerprint density at radius 2 is 1.75 bits per heavy atom. The molecule has 0 aliphatic carbocycles. The van der Waals surface area contributed by atoms with Gasteiger partial charge in [0.25, 0.3) is 0 Å². The molecule has 0 N–H and O–H groups in total. The monoisotopic (exact) mass is 188 g/mol. The predicted octanol–water partition coefficient (Wildman–Crippen LogP) is 3.48. The molecule has 0 heterocycles. The number of hydrogen-bond donors (Lipinski definition) is 0. The van der Waals surface area contributed by atoms with E-state index in [1.165, 1.54) is 30.7 Å². The highest BCUT2D eigenvalue weighted by Crippen LogP contribution is 2.15. The second-order valence-electron chi connectivity index (χ2n) is 2.40. The number of benzene rings is 1. The summed E-state index contributed by atoms with van der Waals surface area (Å²) < 4.78 is 25.7. The highest BCUT2D eigenvalue weighted by atomic mass is 35.5.